The molecule has 0 radical (unpaired) electrons. The van der Waals surface area contributed by atoms with Crippen LogP contribution in [0.15, 0.2) is 39.8 Å². The molecule has 0 amide bonds. The lowest BCUT2D eigenvalue weighted by Crippen LogP contribution is -2.21. The van der Waals surface area contributed by atoms with Crippen molar-refractivity contribution in [2.45, 2.75) is 33.9 Å². The summed E-state index contributed by atoms with van der Waals surface area (Å²) in [6.07, 6.45) is 1.59. The number of hydrogen-bond donors (Lipinski definition) is 0. The van der Waals surface area contributed by atoms with Crippen LogP contribution in [0, 0.1) is 13.8 Å². The summed E-state index contributed by atoms with van der Waals surface area (Å²) in [6, 6.07) is 7.10. The minimum Gasteiger partial charge on any atom is -0.349 e. The summed E-state index contributed by atoms with van der Waals surface area (Å²) < 4.78 is 8.00. The van der Waals surface area contributed by atoms with Crippen LogP contribution in [0.25, 0.3) is 11.5 Å². The van der Waals surface area contributed by atoms with E-state index in [1.807, 2.05) is 26.8 Å². The summed E-state index contributed by atoms with van der Waals surface area (Å²) in [5, 5.41) is 3.75. The number of rotatable bonds is 5. The fourth-order valence-electron chi connectivity index (χ4n) is 2.89. The molecule has 7 nitrogen and oxygen atoms in total. The third kappa shape index (κ3) is 2.68. The molecule has 7 heteroatoms. The Balaban J connectivity index is 1.97. The van der Waals surface area contributed by atoms with Gasteiger partial charge in [0.25, 0.3) is 0 Å². The van der Waals surface area contributed by atoms with Crippen LogP contribution in [0.2, 0.25) is 0 Å². The molecule has 0 aromatic carbocycles. The maximum Gasteiger partial charge on any atom is 0.442 e. The number of hydrogen-bond acceptors (Lipinski definition) is 5. The predicted molar refractivity (Wildman–Crippen MR) is 87.9 cm³/mol. The highest BCUT2D eigenvalue weighted by atomic mass is 16.5. The molecule has 3 rings (SSSR count). The molecule has 0 atom stereocenters. The zero-order valence-electron chi connectivity index (χ0n) is 13.8. The summed E-state index contributed by atoms with van der Waals surface area (Å²) in [4.78, 5) is 28.8. The van der Waals surface area contributed by atoms with Gasteiger partial charge in [0.2, 0.25) is 5.82 Å². The van der Waals surface area contributed by atoms with E-state index in [4.69, 9.17) is 4.52 Å². The van der Waals surface area contributed by atoms with Gasteiger partial charge in [-0.25, -0.2) is 9.36 Å². The Morgan fingerprint density at radius 2 is 2.04 bits per heavy atom. The molecule has 0 aliphatic carbocycles. The first-order valence-corrected chi connectivity index (χ1v) is 7.70. The Labute approximate surface area is 138 Å². The minimum absolute atomic E-state index is 0.137. The van der Waals surface area contributed by atoms with E-state index < -0.39 is 5.76 Å². The molecule has 124 valence electrons. The Morgan fingerprint density at radius 3 is 2.67 bits per heavy atom. The molecule has 0 N–H and O–H groups in total. The van der Waals surface area contributed by atoms with Gasteiger partial charge in [0, 0.05) is 29.7 Å². The number of carbonyl (C=O) groups excluding carboxylic acids is 1. The van der Waals surface area contributed by atoms with Gasteiger partial charge >= 0.3 is 5.76 Å². The normalized spacial score (nSPS) is 11.0. The molecule has 0 aliphatic heterocycles. The lowest BCUT2D eigenvalue weighted by Gasteiger charge is -2.06. The molecule has 0 unspecified atom stereocenters. The van der Waals surface area contributed by atoms with E-state index in [-0.39, 0.29) is 18.2 Å². The van der Waals surface area contributed by atoms with Crippen LogP contribution < -0.4 is 5.76 Å². The highest BCUT2D eigenvalue weighted by Crippen LogP contribution is 2.18. The number of carbonyl (C=O) groups is 1. The van der Waals surface area contributed by atoms with Crippen LogP contribution in [0.5, 0.6) is 0 Å². The van der Waals surface area contributed by atoms with Gasteiger partial charge in [-0.1, -0.05) is 11.2 Å². The lowest BCUT2D eigenvalue weighted by molar-refractivity contribution is 0.0969. The molecule has 3 aromatic rings. The highest BCUT2D eigenvalue weighted by Gasteiger charge is 2.20. The molecule has 0 saturated heterocycles. The number of aryl methyl sites for hydroxylation is 1. The first-order chi connectivity index (χ1) is 11.5. The van der Waals surface area contributed by atoms with E-state index >= 15 is 0 Å². The average Bonchev–Trinajstić information content (AvgIpc) is 3.08. The maximum atomic E-state index is 12.7. The second kappa shape index (κ2) is 6.27. The summed E-state index contributed by atoms with van der Waals surface area (Å²) >= 11 is 0. The van der Waals surface area contributed by atoms with Gasteiger partial charge in [-0.15, -0.1) is 0 Å². The van der Waals surface area contributed by atoms with Crippen molar-refractivity contribution >= 4 is 5.78 Å². The zero-order valence-corrected chi connectivity index (χ0v) is 13.8. The van der Waals surface area contributed by atoms with E-state index in [0.29, 0.717) is 11.3 Å². The van der Waals surface area contributed by atoms with Crippen molar-refractivity contribution in [1.82, 2.24) is 19.3 Å². The summed E-state index contributed by atoms with van der Waals surface area (Å²) in [5.74, 6) is -0.586. The van der Waals surface area contributed by atoms with E-state index in [0.717, 1.165) is 17.9 Å². The Bertz CT molecular complexity index is 935. The molecule has 0 saturated carbocycles. The summed E-state index contributed by atoms with van der Waals surface area (Å²) in [7, 11) is 0. The number of ketones is 1. The molecule has 3 heterocycles. The summed E-state index contributed by atoms with van der Waals surface area (Å²) in [6.45, 7) is 6.54. The van der Waals surface area contributed by atoms with Crippen LogP contribution >= 0.6 is 0 Å². The van der Waals surface area contributed by atoms with Crippen molar-refractivity contribution in [3.8, 4) is 11.5 Å². The van der Waals surface area contributed by atoms with Gasteiger partial charge in [-0.2, -0.15) is 0 Å². The third-order valence-electron chi connectivity index (χ3n) is 4.07. The zero-order chi connectivity index (χ0) is 17.3. The average molecular weight is 326 g/mol. The molecule has 0 aliphatic rings. The van der Waals surface area contributed by atoms with E-state index in [2.05, 4.69) is 14.7 Å². The minimum atomic E-state index is -0.673. The molecule has 0 spiro atoms. The van der Waals surface area contributed by atoms with Gasteiger partial charge in [0.05, 0.1) is 6.54 Å². The Hall–Kier alpha value is -2.96. The van der Waals surface area contributed by atoms with Gasteiger partial charge in [0.1, 0.15) is 5.69 Å². The lowest BCUT2D eigenvalue weighted by atomic mass is 10.1. The van der Waals surface area contributed by atoms with Crippen LogP contribution in [-0.4, -0.2) is 25.1 Å². The van der Waals surface area contributed by atoms with Crippen molar-refractivity contribution in [1.29, 1.82) is 0 Å². The van der Waals surface area contributed by atoms with Crippen LogP contribution in [-0.2, 0) is 13.1 Å². The first-order valence-electron chi connectivity index (χ1n) is 7.70. The first kappa shape index (κ1) is 15.9. The number of nitrogens with zero attached hydrogens (tertiary/aromatic N) is 4. The topological polar surface area (TPSA) is 82.9 Å². The van der Waals surface area contributed by atoms with E-state index in [1.165, 1.54) is 4.57 Å². The molecule has 3 aromatic heterocycles. The Morgan fingerprint density at radius 1 is 1.25 bits per heavy atom. The quantitative estimate of drug-likeness (QED) is 0.671. The van der Waals surface area contributed by atoms with Gasteiger partial charge in [-0.3, -0.25) is 14.3 Å². The van der Waals surface area contributed by atoms with Crippen LogP contribution in [0.1, 0.15) is 28.7 Å². The second-order valence-electron chi connectivity index (χ2n) is 5.53. The van der Waals surface area contributed by atoms with Crippen molar-refractivity contribution < 1.29 is 9.32 Å². The predicted octanol–water partition coefficient (Wildman–Crippen LogP) is 2.22. The van der Waals surface area contributed by atoms with Crippen LogP contribution in [0.3, 0.4) is 0 Å². The van der Waals surface area contributed by atoms with E-state index in [1.54, 1.807) is 24.4 Å². The highest BCUT2D eigenvalue weighted by molar-refractivity contribution is 5.97. The molecular weight excluding hydrogens is 308 g/mol. The molecule has 0 fully saturated rings. The van der Waals surface area contributed by atoms with Crippen molar-refractivity contribution in [2.24, 2.45) is 0 Å². The van der Waals surface area contributed by atoms with E-state index in [9.17, 15) is 9.59 Å². The fraction of sp³-hybridized carbons (Fsp3) is 0.294. The molecular formula is C17H18N4O3. The van der Waals surface area contributed by atoms with Gasteiger partial charge < -0.3 is 4.57 Å². The fourth-order valence-corrected chi connectivity index (χ4v) is 2.89. The smallest absolute Gasteiger partial charge is 0.349 e. The molecule has 0 bridgehead atoms. The maximum absolute atomic E-state index is 12.7. The number of pyridine rings is 1. The number of aromatic nitrogens is 4. The van der Waals surface area contributed by atoms with Crippen LogP contribution in [0.4, 0.5) is 0 Å². The van der Waals surface area contributed by atoms with Crippen molar-refractivity contribution in [3.05, 3.63) is 58.0 Å². The van der Waals surface area contributed by atoms with Gasteiger partial charge in [0.15, 0.2) is 5.78 Å². The largest absolute Gasteiger partial charge is 0.442 e. The molecule has 24 heavy (non-hydrogen) atoms. The third-order valence-corrected chi connectivity index (χ3v) is 4.07. The second-order valence-corrected chi connectivity index (χ2v) is 5.53. The van der Waals surface area contributed by atoms with Crippen molar-refractivity contribution in [3.63, 3.8) is 0 Å². The SMILES string of the molecule is CCn1c(C)cc(C(=O)Cn2c(-c3ccccn3)noc2=O)c1C. The van der Waals surface area contributed by atoms with Crippen molar-refractivity contribution in [2.75, 3.05) is 0 Å². The summed E-state index contributed by atoms with van der Waals surface area (Å²) in [5.41, 5.74) is 2.99. The monoisotopic (exact) mass is 326 g/mol. The standard InChI is InChI=1S/C17H18N4O3/c1-4-20-11(2)9-13(12(20)3)15(22)10-21-16(19-24-17(21)23)14-7-5-6-8-18-14/h5-9H,4,10H2,1-3H3. The van der Waals surface area contributed by atoms with Gasteiger partial charge in [-0.05, 0) is 39.0 Å². The Kier molecular flexibility index (Phi) is 4.16. The number of Topliss-reactive ketones (excluding diaryl/α,β-unsaturated/α-hetero) is 1.